The number of nitrogens with zero attached hydrogens (tertiary/aromatic N) is 1. The predicted molar refractivity (Wildman–Crippen MR) is 108 cm³/mol. The van der Waals surface area contributed by atoms with Gasteiger partial charge in [-0.15, -0.1) is 0 Å². The van der Waals surface area contributed by atoms with E-state index >= 15 is 0 Å². The number of nitrogens with one attached hydrogen (secondary N) is 1. The van der Waals surface area contributed by atoms with Crippen molar-refractivity contribution in [1.82, 2.24) is 4.90 Å². The third-order valence-electron chi connectivity index (χ3n) is 4.58. The number of hydrogen-bond donors (Lipinski definition) is 1. The fourth-order valence-corrected chi connectivity index (χ4v) is 3.78. The van der Waals surface area contributed by atoms with Gasteiger partial charge in [-0.05, 0) is 35.9 Å². The number of hydrogen-bond acceptors (Lipinski definition) is 2. The zero-order chi connectivity index (χ0) is 19.0. The molecule has 3 nitrogen and oxygen atoms in total. The van der Waals surface area contributed by atoms with Crippen molar-refractivity contribution in [3.63, 3.8) is 0 Å². The lowest BCUT2D eigenvalue weighted by atomic mass is 10.1. The molecule has 3 aromatic rings. The van der Waals surface area contributed by atoms with Gasteiger partial charge >= 0.3 is 0 Å². The van der Waals surface area contributed by atoms with Gasteiger partial charge in [-0.1, -0.05) is 63.9 Å². The molecule has 0 saturated heterocycles. The van der Waals surface area contributed by atoms with Crippen LogP contribution in [0, 0.1) is 5.82 Å². The van der Waals surface area contributed by atoms with Crippen LogP contribution < -0.4 is 5.32 Å². The van der Waals surface area contributed by atoms with Gasteiger partial charge in [0.15, 0.2) is 0 Å². The zero-order valence-electron chi connectivity index (χ0n) is 14.1. The van der Waals surface area contributed by atoms with Crippen LogP contribution in [0.15, 0.2) is 71.2 Å². The molecule has 136 valence electrons. The normalized spacial score (nSPS) is 15.7. The van der Waals surface area contributed by atoms with E-state index < -0.39 is 6.17 Å². The lowest BCUT2D eigenvalue weighted by molar-refractivity contribution is 0.0728. The van der Waals surface area contributed by atoms with E-state index in [1.165, 1.54) is 6.07 Å². The fraction of sp³-hybridized carbons (Fsp3) is 0.0952. The van der Waals surface area contributed by atoms with E-state index in [1.807, 2.05) is 36.4 Å². The third-order valence-corrected chi connectivity index (χ3v) is 5.44. The standard InChI is InChI=1S/C21H15BrClFN2O/c22-14-9-10-19(18(24)11-14)25-20-15-6-2-3-7-16(15)21(27)26(20)12-13-5-1-4-8-17(13)23/h1-11,20,25H,12H2/t20-/m0/s1. The molecule has 1 atom stereocenters. The molecule has 1 aliphatic rings. The third kappa shape index (κ3) is 3.45. The number of fused-ring (bicyclic) bond motifs is 1. The molecule has 4 rings (SSSR count). The first-order valence-corrected chi connectivity index (χ1v) is 9.56. The van der Waals surface area contributed by atoms with Crippen molar-refractivity contribution >= 4 is 39.1 Å². The van der Waals surface area contributed by atoms with E-state index in [2.05, 4.69) is 21.2 Å². The van der Waals surface area contributed by atoms with Crippen LogP contribution in [0.25, 0.3) is 0 Å². The Bertz CT molecular complexity index is 1030. The highest BCUT2D eigenvalue weighted by molar-refractivity contribution is 9.10. The van der Waals surface area contributed by atoms with Crippen molar-refractivity contribution in [3.05, 3.63) is 98.7 Å². The summed E-state index contributed by atoms with van der Waals surface area (Å²) in [6, 6.07) is 19.6. The van der Waals surface area contributed by atoms with Gasteiger partial charge in [-0.2, -0.15) is 0 Å². The highest BCUT2D eigenvalue weighted by Gasteiger charge is 2.37. The van der Waals surface area contributed by atoms with Crippen LogP contribution in [-0.4, -0.2) is 10.8 Å². The Balaban J connectivity index is 1.72. The number of rotatable bonds is 4. The maximum atomic E-state index is 14.4. The van der Waals surface area contributed by atoms with Crippen LogP contribution in [0.3, 0.4) is 0 Å². The minimum atomic E-state index is -0.486. The van der Waals surface area contributed by atoms with E-state index in [9.17, 15) is 9.18 Å². The van der Waals surface area contributed by atoms with Gasteiger partial charge in [-0.25, -0.2) is 4.39 Å². The largest absolute Gasteiger partial charge is 0.359 e. The second-order valence-electron chi connectivity index (χ2n) is 6.28. The molecule has 0 unspecified atom stereocenters. The van der Waals surface area contributed by atoms with Crippen LogP contribution >= 0.6 is 27.5 Å². The Morgan fingerprint density at radius 3 is 2.59 bits per heavy atom. The van der Waals surface area contributed by atoms with Crippen molar-refractivity contribution in [3.8, 4) is 0 Å². The Hall–Kier alpha value is -2.37. The van der Waals surface area contributed by atoms with Crippen LogP contribution in [0.4, 0.5) is 10.1 Å². The molecule has 0 aliphatic carbocycles. The summed E-state index contributed by atoms with van der Waals surface area (Å²) in [5, 5.41) is 3.77. The zero-order valence-corrected chi connectivity index (χ0v) is 16.5. The summed E-state index contributed by atoms with van der Waals surface area (Å²) in [6.45, 7) is 0.322. The van der Waals surface area contributed by atoms with E-state index in [0.29, 0.717) is 27.3 Å². The van der Waals surface area contributed by atoms with Crippen molar-refractivity contribution in [2.75, 3.05) is 5.32 Å². The first-order valence-electron chi connectivity index (χ1n) is 8.39. The van der Waals surface area contributed by atoms with Gasteiger partial charge < -0.3 is 10.2 Å². The van der Waals surface area contributed by atoms with Crippen LogP contribution in [0.5, 0.6) is 0 Å². The number of halogens is 3. The van der Waals surface area contributed by atoms with E-state index in [1.54, 1.807) is 29.2 Å². The summed E-state index contributed by atoms with van der Waals surface area (Å²) in [5.41, 5.74) is 2.59. The molecule has 1 heterocycles. The number of carbonyl (C=O) groups is 1. The Kier molecular flexibility index (Phi) is 4.89. The topological polar surface area (TPSA) is 32.3 Å². The lowest BCUT2D eigenvalue weighted by Gasteiger charge is -2.27. The monoisotopic (exact) mass is 444 g/mol. The maximum absolute atomic E-state index is 14.4. The quantitative estimate of drug-likeness (QED) is 0.533. The molecular formula is C21H15BrClFN2O. The average Bonchev–Trinajstić information content (AvgIpc) is 2.92. The van der Waals surface area contributed by atoms with Crippen molar-refractivity contribution < 1.29 is 9.18 Å². The summed E-state index contributed by atoms with van der Waals surface area (Å²) in [4.78, 5) is 14.7. The van der Waals surface area contributed by atoms with Crippen LogP contribution in [-0.2, 0) is 6.54 Å². The number of carbonyl (C=O) groups excluding carboxylic acids is 1. The van der Waals surface area contributed by atoms with Crippen LogP contribution in [0.2, 0.25) is 5.02 Å². The van der Waals surface area contributed by atoms with Gasteiger partial charge in [-0.3, -0.25) is 4.79 Å². The molecule has 0 spiro atoms. The second-order valence-corrected chi connectivity index (χ2v) is 7.61. The molecule has 0 bridgehead atoms. The first kappa shape index (κ1) is 18.0. The highest BCUT2D eigenvalue weighted by Crippen LogP contribution is 2.37. The predicted octanol–water partition coefficient (Wildman–Crippen LogP) is 6.01. The van der Waals surface area contributed by atoms with Crippen molar-refractivity contribution in [2.45, 2.75) is 12.7 Å². The van der Waals surface area contributed by atoms with Gasteiger partial charge in [0.2, 0.25) is 0 Å². The number of benzene rings is 3. The molecule has 0 radical (unpaired) electrons. The SMILES string of the molecule is O=C1c2ccccc2[C@@H](Nc2ccc(Br)cc2F)N1Cc1ccccc1Cl. The summed E-state index contributed by atoms with van der Waals surface area (Å²) in [6.07, 6.45) is -0.486. The lowest BCUT2D eigenvalue weighted by Crippen LogP contribution is -2.32. The fourth-order valence-electron chi connectivity index (χ4n) is 3.25. The molecule has 0 fully saturated rings. The smallest absolute Gasteiger partial charge is 0.256 e. The van der Waals surface area contributed by atoms with Crippen molar-refractivity contribution in [1.29, 1.82) is 0 Å². The molecule has 1 aliphatic heterocycles. The molecular weight excluding hydrogens is 431 g/mol. The number of amides is 1. The second kappa shape index (κ2) is 7.33. The maximum Gasteiger partial charge on any atom is 0.256 e. The van der Waals surface area contributed by atoms with Gasteiger partial charge in [0, 0.05) is 27.2 Å². The molecule has 6 heteroatoms. The molecule has 3 aromatic carbocycles. The summed E-state index contributed by atoms with van der Waals surface area (Å²) >= 11 is 9.55. The number of anilines is 1. The summed E-state index contributed by atoms with van der Waals surface area (Å²) in [5.74, 6) is -0.501. The molecule has 0 saturated carbocycles. The summed E-state index contributed by atoms with van der Waals surface area (Å²) < 4.78 is 15.0. The van der Waals surface area contributed by atoms with E-state index in [-0.39, 0.29) is 11.7 Å². The first-order chi connectivity index (χ1) is 13.0. The highest BCUT2D eigenvalue weighted by atomic mass is 79.9. The molecule has 0 aromatic heterocycles. The molecule has 27 heavy (non-hydrogen) atoms. The molecule has 1 N–H and O–H groups in total. The Morgan fingerprint density at radius 1 is 1.07 bits per heavy atom. The average molecular weight is 446 g/mol. The Morgan fingerprint density at radius 2 is 1.81 bits per heavy atom. The van der Waals surface area contributed by atoms with Crippen LogP contribution in [0.1, 0.15) is 27.7 Å². The van der Waals surface area contributed by atoms with Crippen molar-refractivity contribution in [2.24, 2.45) is 0 Å². The Labute approximate surface area is 169 Å². The summed E-state index contributed by atoms with van der Waals surface area (Å²) in [7, 11) is 0. The molecule has 1 amide bonds. The van der Waals surface area contributed by atoms with E-state index in [0.717, 1.165) is 11.1 Å². The van der Waals surface area contributed by atoms with Gasteiger partial charge in [0.05, 0.1) is 5.69 Å². The minimum absolute atomic E-state index is 0.111. The minimum Gasteiger partial charge on any atom is -0.359 e. The van der Waals surface area contributed by atoms with E-state index in [4.69, 9.17) is 11.6 Å². The van der Waals surface area contributed by atoms with Gasteiger partial charge in [0.25, 0.3) is 5.91 Å². The van der Waals surface area contributed by atoms with Gasteiger partial charge in [0.1, 0.15) is 12.0 Å².